The molecule has 0 fully saturated rings. The molecule has 0 aliphatic heterocycles. The molecule has 4 heteroatoms. The Kier molecular flexibility index (Phi) is 6.56. The number of aromatic nitrogens is 2. The van der Waals surface area contributed by atoms with Crippen LogP contribution in [0.2, 0.25) is 0 Å². The van der Waals surface area contributed by atoms with Crippen LogP contribution < -0.4 is 5.32 Å². The third-order valence-electron chi connectivity index (χ3n) is 3.45. The molecule has 1 rings (SSSR count). The average molecular weight is 279 g/mol. The van der Waals surface area contributed by atoms with Crippen LogP contribution in [0.3, 0.4) is 0 Å². The SMILES string of the molecule is CCOC(C)c1nc(C)c(C(C)CNC(C)C)c(C)n1. The van der Waals surface area contributed by atoms with E-state index >= 15 is 0 Å². The van der Waals surface area contributed by atoms with E-state index in [9.17, 15) is 0 Å². The van der Waals surface area contributed by atoms with E-state index in [0.29, 0.717) is 18.6 Å². The van der Waals surface area contributed by atoms with E-state index in [4.69, 9.17) is 4.74 Å². The first-order valence-electron chi connectivity index (χ1n) is 7.56. The van der Waals surface area contributed by atoms with Gasteiger partial charge in [0, 0.05) is 30.6 Å². The summed E-state index contributed by atoms with van der Waals surface area (Å²) in [7, 11) is 0. The lowest BCUT2D eigenvalue weighted by molar-refractivity contribution is 0.0697. The van der Waals surface area contributed by atoms with Crippen LogP contribution in [0, 0.1) is 13.8 Å². The van der Waals surface area contributed by atoms with Crippen molar-refractivity contribution >= 4 is 0 Å². The number of aryl methyl sites for hydroxylation is 2. The first-order chi connectivity index (χ1) is 9.36. The van der Waals surface area contributed by atoms with Crippen molar-refractivity contribution in [2.45, 2.75) is 66.5 Å². The van der Waals surface area contributed by atoms with E-state index in [2.05, 4.69) is 49.9 Å². The summed E-state index contributed by atoms with van der Waals surface area (Å²) in [4.78, 5) is 9.27. The molecule has 0 amide bonds. The lowest BCUT2D eigenvalue weighted by Crippen LogP contribution is -2.28. The number of ether oxygens (including phenoxy) is 1. The van der Waals surface area contributed by atoms with Gasteiger partial charge in [-0.3, -0.25) is 0 Å². The van der Waals surface area contributed by atoms with Gasteiger partial charge in [0.25, 0.3) is 0 Å². The molecule has 2 unspecified atom stereocenters. The van der Waals surface area contributed by atoms with Crippen LogP contribution >= 0.6 is 0 Å². The van der Waals surface area contributed by atoms with Gasteiger partial charge >= 0.3 is 0 Å². The van der Waals surface area contributed by atoms with Gasteiger partial charge in [-0.05, 0) is 39.2 Å². The first-order valence-corrected chi connectivity index (χ1v) is 7.56. The zero-order chi connectivity index (χ0) is 15.3. The molecule has 1 heterocycles. The molecule has 0 radical (unpaired) electrons. The van der Waals surface area contributed by atoms with Gasteiger partial charge in [-0.15, -0.1) is 0 Å². The molecular weight excluding hydrogens is 250 g/mol. The number of nitrogens with one attached hydrogen (secondary N) is 1. The highest BCUT2D eigenvalue weighted by molar-refractivity contribution is 5.28. The lowest BCUT2D eigenvalue weighted by atomic mass is 9.97. The summed E-state index contributed by atoms with van der Waals surface area (Å²) in [5.74, 6) is 1.20. The van der Waals surface area contributed by atoms with E-state index in [1.165, 1.54) is 5.56 Å². The van der Waals surface area contributed by atoms with Crippen LogP contribution in [-0.4, -0.2) is 29.2 Å². The third-order valence-corrected chi connectivity index (χ3v) is 3.45. The average Bonchev–Trinajstić information content (AvgIpc) is 2.35. The fourth-order valence-corrected chi connectivity index (χ4v) is 2.48. The summed E-state index contributed by atoms with van der Waals surface area (Å²) in [6.45, 7) is 16.3. The predicted molar refractivity (Wildman–Crippen MR) is 83.1 cm³/mol. The van der Waals surface area contributed by atoms with Crippen molar-refractivity contribution in [1.29, 1.82) is 0 Å². The van der Waals surface area contributed by atoms with Gasteiger partial charge in [0.15, 0.2) is 5.82 Å². The van der Waals surface area contributed by atoms with Crippen LogP contribution in [0.15, 0.2) is 0 Å². The largest absolute Gasteiger partial charge is 0.371 e. The summed E-state index contributed by atoms with van der Waals surface area (Å²) in [5.41, 5.74) is 3.39. The Morgan fingerprint density at radius 1 is 1.05 bits per heavy atom. The highest BCUT2D eigenvalue weighted by atomic mass is 16.5. The molecule has 0 aromatic carbocycles. The number of hydrogen-bond acceptors (Lipinski definition) is 4. The fraction of sp³-hybridized carbons (Fsp3) is 0.750. The minimum absolute atomic E-state index is 0.0458. The molecule has 20 heavy (non-hydrogen) atoms. The van der Waals surface area contributed by atoms with E-state index in [1.54, 1.807) is 0 Å². The molecule has 0 aliphatic carbocycles. The second-order valence-corrected chi connectivity index (χ2v) is 5.73. The minimum atomic E-state index is -0.0458. The van der Waals surface area contributed by atoms with Crippen LogP contribution in [-0.2, 0) is 4.74 Å². The van der Waals surface area contributed by atoms with Crippen molar-refractivity contribution in [3.63, 3.8) is 0 Å². The standard InChI is InChI=1S/C16H29N3O/c1-8-20-14(7)16-18-12(5)15(13(6)19-16)11(4)9-17-10(2)3/h10-11,14,17H,8-9H2,1-7H3. The molecular formula is C16H29N3O. The van der Waals surface area contributed by atoms with Gasteiger partial charge in [-0.2, -0.15) is 0 Å². The maximum absolute atomic E-state index is 5.58. The Hall–Kier alpha value is -1.00. The second-order valence-electron chi connectivity index (χ2n) is 5.73. The van der Waals surface area contributed by atoms with Gasteiger partial charge in [0.1, 0.15) is 6.10 Å². The van der Waals surface area contributed by atoms with E-state index in [1.807, 2.05) is 13.8 Å². The van der Waals surface area contributed by atoms with E-state index in [0.717, 1.165) is 23.8 Å². The summed E-state index contributed by atoms with van der Waals surface area (Å²) in [5, 5.41) is 3.48. The van der Waals surface area contributed by atoms with Gasteiger partial charge < -0.3 is 10.1 Å². The molecule has 0 aliphatic rings. The topological polar surface area (TPSA) is 47.0 Å². The molecule has 0 bridgehead atoms. The molecule has 0 saturated heterocycles. The van der Waals surface area contributed by atoms with Crippen molar-refractivity contribution in [3.8, 4) is 0 Å². The van der Waals surface area contributed by atoms with Crippen molar-refractivity contribution in [3.05, 3.63) is 22.8 Å². The third kappa shape index (κ3) is 4.53. The normalized spacial score (nSPS) is 14.6. The molecule has 1 aromatic rings. The Labute approximate surface area is 123 Å². The molecule has 114 valence electrons. The zero-order valence-electron chi connectivity index (χ0n) is 13.9. The second kappa shape index (κ2) is 7.70. The monoisotopic (exact) mass is 279 g/mol. The fourth-order valence-electron chi connectivity index (χ4n) is 2.48. The number of nitrogens with zero attached hydrogens (tertiary/aromatic N) is 2. The number of hydrogen-bond donors (Lipinski definition) is 1. The maximum Gasteiger partial charge on any atom is 0.157 e. The first kappa shape index (κ1) is 17.1. The van der Waals surface area contributed by atoms with Gasteiger partial charge in [0.05, 0.1) is 0 Å². The van der Waals surface area contributed by atoms with Gasteiger partial charge in [0.2, 0.25) is 0 Å². The van der Waals surface area contributed by atoms with Crippen molar-refractivity contribution < 1.29 is 4.74 Å². The smallest absolute Gasteiger partial charge is 0.157 e. The van der Waals surface area contributed by atoms with Crippen LogP contribution in [0.5, 0.6) is 0 Å². The van der Waals surface area contributed by atoms with E-state index in [-0.39, 0.29) is 6.10 Å². The van der Waals surface area contributed by atoms with Crippen molar-refractivity contribution in [2.75, 3.05) is 13.2 Å². The molecule has 1 aromatic heterocycles. The summed E-state index contributed by atoms with van der Waals surface area (Å²) >= 11 is 0. The van der Waals surface area contributed by atoms with Crippen LogP contribution in [0.1, 0.15) is 69.4 Å². The predicted octanol–water partition coefficient (Wildman–Crippen LogP) is 3.29. The maximum atomic E-state index is 5.58. The molecule has 0 spiro atoms. The molecule has 0 saturated carbocycles. The summed E-state index contributed by atoms with van der Waals surface area (Å²) in [6, 6.07) is 0.497. The molecule has 2 atom stereocenters. The number of rotatable bonds is 7. The Morgan fingerprint density at radius 2 is 1.60 bits per heavy atom. The van der Waals surface area contributed by atoms with Crippen LogP contribution in [0.4, 0.5) is 0 Å². The van der Waals surface area contributed by atoms with Crippen molar-refractivity contribution in [2.24, 2.45) is 0 Å². The zero-order valence-corrected chi connectivity index (χ0v) is 13.9. The Bertz CT molecular complexity index is 409. The van der Waals surface area contributed by atoms with Gasteiger partial charge in [-0.1, -0.05) is 20.8 Å². The van der Waals surface area contributed by atoms with Gasteiger partial charge in [-0.25, -0.2) is 9.97 Å². The summed E-state index contributed by atoms with van der Waals surface area (Å²) < 4.78 is 5.58. The quantitative estimate of drug-likeness (QED) is 0.832. The van der Waals surface area contributed by atoms with Crippen LogP contribution in [0.25, 0.3) is 0 Å². The summed E-state index contributed by atoms with van der Waals surface area (Å²) in [6.07, 6.45) is -0.0458. The Morgan fingerprint density at radius 3 is 2.05 bits per heavy atom. The minimum Gasteiger partial charge on any atom is -0.371 e. The highest BCUT2D eigenvalue weighted by Crippen LogP contribution is 2.23. The van der Waals surface area contributed by atoms with E-state index < -0.39 is 0 Å². The molecule has 4 nitrogen and oxygen atoms in total. The van der Waals surface area contributed by atoms with Crippen molar-refractivity contribution in [1.82, 2.24) is 15.3 Å². The lowest BCUT2D eigenvalue weighted by Gasteiger charge is -2.20. The Balaban J connectivity index is 2.93. The molecule has 1 N–H and O–H groups in total. The highest BCUT2D eigenvalue weighted by Gasteiger charge is 2.17.